The molecule has 19 heavy (non-hydrogen) atoms. The largest absolute Gasteiger partial charge is 0.353 e. The Balaban J connectivity index is 1.62. The molecular weight excluding hydrogens is 242 g/mol. The molecule has 0 unspecified atom stereocenters. The average molecular weight is 265 g/mol. The van der Waals surface area contributed by atoms with Gasteiger partial charge in [0.2, 0.25) is 5.91 Å². The summed E-state index contributed by atoms with van der Waals surface area (Å²) in [5, 5.41) is 10.5. The van der Waals surface area contributed by atoms with Crippen molar-refractivity contribution in [3.8, 4) is 0 Å². The second kappa shape index (κ2) is 7.89. The number of amides is 1. The fourth-order valence-electron chi connectivity index (χ4n) is 2.39. The third-order valence-electron chi connectivity index (χ3n) is 3.45. The van der Waals surface area contributed by atoms with E-state index in [4.69, 9.17) is 0 Å². The summed E-state index contributed by atoms with van der Waals surface area (Å²) < 4.78 is 1.72. The van der Waals surface area contributed by atoms with E-state index in [-0.39, 0.29) is 5.91 Å². The lowest BCUT2D eigenvalue weighted by molar-refractivity contribution is -0.122. The van der Waals surface area contributed by atoms with E-state index in [9.17, 15) is 4.79 Å². The van der Waals surface area contributed by atoms with Crippen molar-refractivity contribution in [1.29, 1.82) is 0 Å². The van der Waals surface area contributed by atoms with Crippen LogP contribution in [0.25, 0.3) is 0 Å². The van der Waals surface area contributed by atoms with Crippen LogP contribution in [-0.2, 0) is 11.3 Å². The van der Waals surface area contributed by atoms with Crippen LogP contribution in [0.15, 0.2) is 12.4 Å². The molecule has 1 aromatic heterocycles. The molecule has 1 aliphatic heterocycles. The molecule has 0 aromatic carbocycles. The summed E-state index contributed by atoms with van der Waals surface area (Å²) in [5.41, 5.74) is 0. The van der Waals surface area contributed by atoms with Crippen molar-refractivity contribution in [2.45, 2.75) is 38.6 Å². The number of rotatable bonds is 5. The second-order valence-corrected chi connectivity index (χ2v) is 5.06. The molecular formula is C13H23N5O. The Morgan fingerprint density at radius 1 is 1.16 bits per heavy atom. The van der Waals surface area contributed by atoms with E-state index in [0.717, 1.165) is 13.1 Å². The molecule has 0 bridgehead atoms. The van der Waals surface area contributed by atoms with Crippen molar-refractivity contribution >= 4 is 5.91 Å². The average Bonchev–Trinajstić information content (AvgIpc) is 2.85. The van der Waals surface area contributed by atoms with Crippen molar-refractivity contribution in [3.05, 3.63) is 12.4 Å². The molecule has 1 aromatic rings. The minimum absolute atomic E-state index is 0.112. The third-order valence-corrected chi connectivity index (χ3v) is 3.45. The van der Waals surface area contributed by atoms with Gasteiger partial charge in [-0.05, 0) is 25.9 Å². The molecule has 6 heteroatoms. The Hall–Kier alpha value is -1.43. The highest BCUT2D eigenvalue weighted by Crippen LogP contribution is 2.09. The van der Waals surface area contributed by atoms with Gasteiger partial charge in [-0.1, -0.05) is 24.5 Å². The third kappa shape index (κ3) is 5.38. The number of hydrogen-bond acceptors (Lipinski definition) is 4. The molecule has 0 aliphatic carbocycles. The molecule has 2 heterocycles. The second-order valence-electron chi connectivity index (χ2n) is 5.06. The first-order chi connectivity index (χ1) is 9.34. The van der Waals surface area contributed by atoms with Crippen molar-refractivity contribution in [2.24, 2.45) is 0 Å². The number of aromatic nitrogens is 3. The maximum Gasteiger partial charge on any atom is 0.234 e. The first-order valence-electron chi connectivity index (χ1n) is 7.18. The van der Waals surface area contributed by atoms with Crippen LogP contribution in [0.4, 0.5) is 0 Å². The zero-order valence-electron chi connectivity index (χ0n) is 11.4. The van der Waals surface area contributed by atoms with E-state index in [1.807, 2.05) is 0 Å². The quantitative estimate of drug-likeness (QED) is 0.849. The van der Waals surface area contributed by atoms with Crippen LogP contribution in [0.3, 0.4) is 0 Å². The van der Waals surface area contributed by atoms with E-state index in [1.54, 1.807) is 17.1 Å². The van der Waals surface area contributed by atoms with Crippen LogP contribution in [0, 0.1) is 0 Å². The topological polar surface area (TPSA) is 63.1 Å². The molecule has 0 saturated carbocycles. The van der Waals surface area contributed by atoms with Crippen molar-refractivity contribution in [1.82, 2.24) is 25.2 Å². The zero-order chi connectivity index (χ0) is 13.3. The molecule has 1 saturated heterocycles. The Morgan fingerprint density at radius 3 is 2.58 bits per heavy atom. The predicted molar refractivity (Wildman–Crippen MR) is 72.6 cm³/mol. The molecule has 1 amide bonds. The predicted octanol–water partition coefficient (Wildman–Crippen LogP) is 0.660. The maximum absolute atomic E-state index is 11.8. The number of nitrogens with one attached hydrogen (secondary N) is 1. The smallest absolute Gasteiger partial charge is 0.234 e. The normalized spacial score (nSPS) is 17.7. The summed E-state index contributed by atoms with van der Waals surface area (Å²) in [6, 6.07) is 0. The standard InChI is InChI=1S/C13H23N5O/c19-13(14-6-10-18-11-7-15-16-18)12-17-8-4-2-1-3-5-9-17/h7,11H,1-6,8-10,12H2,(H,14,19). The fourth-order valence-corrected chi connectivity index (χ4v) is 2.39. The number of nitrogens with zero attached hydrogens (tertiary/aromatic N) is 4. The summed E-state index contributed by atoms with van der Waals surface area (Å²) in [4.78, 5) is 14.1. The van der Waals surface area contributed by atoms with Crippen LogP contribution >= 0.6 is 0 Å². The van der Waals surface area contributed by atoms with Crippen LogP contribution in [-0.4, -0.2) is 52.0 Å². The minimum Gasteiger partial charge on any atom is -0.353 e. The summed E-state index contributed by atoms with van der Waals surface area (Å²) >= 11 is 0. The number of carbonyl (C=O) groups excluding carboxylic acids is 1. The molecule has 0 radical (unpaired) electrons. The van der Waals surface area contributed by atoms with Gasteiger partial charge in [-0.25, -0.2) is 0 Å². The Labute approximate surface area is 114 Å². The van der Waals surface area contributed by atoms with Crippen LogP contribution in [0.1, 0.15) is 32.1 Å². The zero-order valence-corrected chi connectivity index (χ0v) is 11.4. The lowest BCUT2D eigenvalue weighted by atomic mass is 10.1. The van der Waals surface area contributed by atoms with Gasteiger partial charge in [0.15, 0.2) is 0 Å². The Kier molecular flexibility index (Phi) is 5.81. The first-order valence-corrected chi connectivity index (χ1v) is 7.18. The van der Waals surface area contributed by atoms with Crippen molar-refractivity contribution < 1.29 is 4.79 Å². The van der Waals surface area contributed by atoms with Crippen molar-refractivity contribution in [3.63, 3.8) is 0 Å². The number of hydrogen-bond donors (Lipinski definition) is 1. The van der Waals surface area contributed by atoms with Gasteiger partial charge in [0.25, 0.3) is 0 Å². The van der Waals surface area contributed by atoms with E-state index in [1.165, 1.54) is 32.1 Å². The molecule has 1 fully saturated rings. The van der Waals surface area contributed by atoms with E-state index in [2.05, 4.69) is 20.5 Å². The van der Waals surface area contributed by atoms with Gasteiger partial charge >= 0.3 is 0 Å². The van der Waals surface area contributed by atoms with E-state index < -0.39 is 0 Å². The summed E-state index contributed by atoms with van der Waals surface area (Å²) in [7, 11) is 0. The van der Waals surface area contributed by atoms with Gasteiger partial charge < -0.3 is 5.32 Å². The molecule has 0 spiro atoms. The van der Waals surface area contributed by atoms with Crippen LogP contribution in [0.2, 0.25) is 0 Å². The SMILES string of the molecule is O=C(CN1CCCCCCC1)NCCn1ccnn1. The molecule has 6 nitrogen and oxygen atoms in total. The van der Waals surface area contributed by atoms with E-state index >= 15 is 0 Å². The molecule has 106 valence electrons. The minimum atomic E-state index is 0.112. The number of likely N-dealkylation sites (tertiary alicyclic amines) is 1. The highest BCUT2D eigenvalue weighted by Gasteiger charge is 2.11. The maximum atomic E-state index is 11.8. The summed E-state index contributed by atoms with van der Waals surface area (Å²) in [6.45, 7) is 3.91. The highest BCUT2D eigenvalue weighted by molar-refractivity contribution is 5.77. The van der Waals surface area contributed by atoms with Crippen LogP contribution < -0.4 is 5.32 Å². The lowest BCUT2D eigenvalue weighted by Gasteiger charge is -2.23. The summed E-state index contributed by atoms with van der Waals surface area (Å²) in [5.74, 6) is 0.112. The highest BCUT2D eigenvalue weighted by atomic mass is 16.2. The van der Waals surface area contributed by atoms with Gasteiger partial charge in [0, 0.05) is 12.7 Å². The van der Waals surface area contributed by atoms with Gasteiger partial charge in [-0.3, -0.25) is 14.4 Å². The van der Waals surface area contributed by atoms with Crippen molar-refractivity contribution in [2.75, 3.05) is 26.2 Å². The lowest BCUT2D eigenvalue weighted by Crippen LogP contribution is -2.39. The van der Waals surface area contributed by atoms with Crippen LogP contribution in [0.5, 0.6) is 0 Å². The van der Waals surface area contributed by atoms with Gasteiger partial charge in [-0.2, -0.15) is 0 Å². The number of carbonyl (C=O) groups is 1. The Morgan fingerprint density at radius 2 is 1.89 bits per heavy atom. The molecule has 2 rings (SSSR count). The molecule has 1 N–H and O–H groups in total. The monoisotopic (exact) mass is 265 g/mol. The molecule has 0 atom stereocenters. The molecule has 1 aliphatic rings. The summed E-state index contributed by atoms with van der Waals surface area (Å²) in [6.07, 6.45) is 9.80. The fraction of sp³-hybridized carbons (Fsp3) is 0.769. The Bertz CT molecular complexity index is 357. The first kappa shape index (κ1) is 14.0. The van der Waals surface area contributed by atoms with Gasteiger partial charge in [0.05, 0.1) is 19.3 Å². The van der Waals surface area contributed by atoms with Gasteiger partial charge in [0.1, 0.15) is 0 Å². The van der Waals surface area contributed by atoms with Gasteiger partial charge in [-0.15, -0.1) is 5.10 Å². The van der Waals surface area contributed by atoms with E-state index in [0.29, 0.717) is 19.6 Å².